The van der Waals surface area contributed by atoms with Crippen molar-refractivity contribution < 1.29 is 0 Å². The Morgan fingerprint density at radius 3 is 2.55 bits per heavy atom. The minimum absolute atomic E-state index is 0.205. The van der Waals surface area contributed by atoms with Crippen molar-refractivity contribution in [3.63, 3.8) is 0 Å². The van der Waals surface area contributed by atoms with Gasteiger partial charge in [-0.15, -0.1) is 0 Å². The van der Waals surface area contributed by atoms with Crippen LogP contribution in [0.25, 0.3) is 0 Å². The monoisotopic (exact) mass is 288 g/mol. The van der Waals surface area contributed by atoms with Crippen LogP contribution < -0.4 is 5.32 Å². The highest BCUT2D eigenvalue weighted by Crippen LogP contribution is 2.24. The molecule has 0 spiro atoms. The molecule has 3 heteroatoms. The van der Waals surface area contributed by atoms with E-state index in [2.05, 4.69) is 36.3 Å². The lowest BCUT2D eigenvalue weighted by Crippen LogP contribution is -2.25. The highest BCUT2D eigenvalue weighted by Gasteiger charge is 2.16. The zero-order valence-electron chi connectivity index (χ0n) is 12.1. The summed E-state index contributed by atoms with van der Waals surface area (Å²) in [4.78, 5) is 4.59. The molecule has 0 radical (unpaired) electrons. The van der Waals surface area contributed by atoms with Crippen LogP contribution in [-0.2, 0) is 12.8 Å². The molecule has 0 saturated heterocycles. The van der Waals surface area contributed by atoms with E-state index in [0.29, 0.717) is 0 Å². The Hall–Kier alpha value is -1.38. The lowest BCUT2D eigenvalue weighted by atomic mass is 9.98. The van der Waals surface area contributed by atoms with E-state index in [1.165, 1.54) is 5.56 Å². The molecule has 1 unspecified atom stereocenters. The number of nitrogens with zero attached hydrogens (tertiary/aromatic N) is 1. The Morgan fingerprint density at radius 1 is 1.10 bits per heavy atom. The summed E-state index contributed by atoms with van der Waals surface area (Å²) in [5, 5.41) is 4.35. The summed E-state index contributed by atoms with van der Waals surface area (Å²) in [6.45, 7) is 5.20. The summed E-state index contributed by atoms with van der Waals surface area (Å²) in [5.41, 5.74) is 3.59. The zero-order valence-corrected chi connectivity index (χ0v) is 12.8. The van der Waals surface area contributed by atoms with E-state index in [-0.39, 0.29) is 6.04 Å². The molecule has 0 bridgehead atoms. The lowest BCUT2D eigenvalue weighted by Gasteiger charge is -2.20. The fourth-order valence-corrected chi connectivity index (χ4v) is 2.67. The first-order valence-corrected chi connectivity index (χ1v) is 7.54. The van der Waals surface area contributed by atoms with Gasteiger partial charge in [0.1, 0.15) is 0 Å². The third-order valence-corrected chi connectivity index (χ3v) is 3.84. The molecule has 1 heterocycles. The predicted octanol–water partition coefficient (Wildman–Crippen LogP) is 4.19. The first kappa shape index (κ1) is 15.0. The Kier molecular flexibility index (Phi) is 5.57. The minimum Gasteiger partial charge on any atom is -0.309 e. The van der Waals surface area contributed by atoms with Crippen LogP contribution in [0.2, 0.25) is 5.02 Å². The summed E-state index contributed by atoms with van der Waals surface area (Å²) >= 11 is 6.28. The smallest absolute Gasteiger partial charge is 0.0608 e. The van der Waals surface area contributed by atoms with Gasteiger partial charge < -0.3 is 5.32 Å². The van der Waals surface area contributed by atoms with Crippen LogP contribution in [-0.4, -0.2) is 11.5 Å². The second kappa shape index (κ2) is 7.41. The van der Waals surface area contributed by atoms with Crippen LogP contribution in [0, 0.1) is 0 Å². The number of aryl methyl sites for hydroxylation is 1. The molecule has 0 aliphatic carbocycles. The molecule has 1 aromatic heterocycles. The van der Waals surface area contributed by atoms with Crippen molar-refractivity contribution in [1.82, 2.24) is 10.3 Å². The first-order chi connectivity index (χ1) is 9.76. The second-order valence-electron chi connectivity index (χ2n) is 4.81. The van der Waals surface area contributed by atoms with Crippen molar-refractivity contribution in [3.8, 4) is 0 Å². The van der Waals surface area contributed by atoms with Crippen LogP contribution >= 0.6 is 11.6 Å². The summed E-state index contributed by atoms with van der Waals surface area (Å²) in [6.07, 6.45) is 3.72. The van der Waals surface area contributed by atoms with Crippen LogP contribution in [0.4, 0.5) is 0 Å². The van der Waals surface area contributed by atoms with Gasteiger partial charge in [-0.3, -0.25) is 4.98 Å². The number of rotatable bonds is 6. The summed E-state index contributed by atoms with van der Waals surface area (Å²) < 4.78 is 0. The van der Waals surface area contributed by atoms with Gasteiger partial charge in [0.05, 0.1) is 11.7 Å². The van der Waals surface area contributed by atoms with Gasteiger partial charge in [0.2, 0.25) is 0 Å². The van der Waals surface area contributed by atoms with Crippen LogP contribution in [0.15, 0.2) is 42.6 Å². The van der Waals surface area contributed by atoms with Crippen molar-refractivity contribution >= 4 is 11.6 Å². The van der Waals surface area contributed by atoms with Gasteiger partial charge >= 0.3 is 0 Å². The Balaban J connectivity index is 2.29. The standard InChI is InChI=1S/C17H21ClN2/c1-3-13-9-7-11-20-17(13)16(19-4-2)12-14-8-5-6-10-15(14)18/h5-11,16,19H,3-4,12H2,1-2H3. The quantitative estimate of drug-likeness (QED) is 0.862. The highest BCUT2D eigenvalue weighted by molar-refractivity contribution is 6.31. The van der Waals surface area contributed by atoms with E-state index in [9.17, 15) is 0 Å². The topological polar surface area (TPSA) is 24.9 Å². The van der Waals surface area contributed by atoms with Crippen molar-refractivity contribution in [2.24, 2.45) is 0 Å². The van der Waals surface area contributed by atoms with Gasteiger partial charge in [0.15, 0.2) is 0 Å². The molecule has 0 saturated carbocycles. The van der Waals surface area contributed by atoms with E-state index < -0.39 is 0 Å². The average molecular weight is 289 g/mol. The Labute approximate surface area is 126 Å². The molecule has 2 nitrogen and oxygen atoms in total. The number of halogens is 1. The molecule has 0 aliphatic heterocycles. The number of nitrogens with one attached hydrogen (secondary N) is 1. The number of likely N-dealkylation sites (N-methyl/N-ethyl adjacent to an activating group) is 1. The number of pyridine rings is 1. The van der Waals surface area contributed by atoms with Gasteiger partial charge in [-0.25, -0.2) is 0 Å². The average Bonchev–Trinajstić information content (AvgIpc) is 2.49. The number of aromatic nitrogens is 1. The maximum Gasteiger partial charge on any atom is 0.0608 e. The molecule has 0 amide bonds. The Morgan fingerprint density at radius 2 is 1.85 bits per heavy atom. The minimum atomic E-state index is 0.205. The number of hydrogen-bond donors (Lipinski definition) is 1. The molecule has 1 aromatic carbocycles. The van der Waals surface area contributed by atoms with Gasteiger partial charge in [-0.2, -0.15) is 0 Å². The van der Waals surface area contributed by atoms with Crippen molar-refractivity contribution in [2.45, 2.75) is 32.7 Å². The molecule has 1 atom stereocenters. The lowest BCUT2D eigenvalue weighted by molar-refractivity contribution is 0.532. The van der Waals surface area contributed by atoms with Gasteiger partial charge in [0.25, 0.3) is 0 Å². The SMILES string of the molecule is CCNC(Cc1ccccc1Cl)c1ncccc1CC. The van der Waals surface area contributed by atoms with E-state index in [0.717, 1.165) is 35.7 Å². The molecule has 2 rings (SSSR count). The molecule has 0 fully saturated rings. The van der Waals surface area contributed by atoms with E-state index in [4.69, 9.17) is 11.6 Å². The van der Waals surface area contributed by atoms with E-state index >= 15 is 0 Å². The summed E-state index contributed by atoms with van der Waals surface area (Å²) in [6, 6.07) is 12.4. The summed E-state index contributed by atoms with van der Waals surface area (Å²) in [5.74, 6) is 0. The molecular weight excluding hydrogens is 268 g/mol. The summed E-state index contributed by atoms with van der Waals surface area (Å²) in [7, 11) is 0. The maximum absolute atomic E-state index is 6.28. The van der Waals surface area contributed by atoms with Crippen LogP contribution in [0.1, 0.15) is 36.7 Å². The molecule has 20 heavy (non-hydrogen) atoms. The number of benzene rings is 1. The normalized spacial score (nSPS) is 12.3. The third kappa shape index (κ3) is 3.59. The molecule has 1 N–H and O–H groups in total. The fraction of sp³-hybridized carbons (Fsp3) is 0.353. The first-order valence-electron chi connectivity index (χ1n) is 7.16. The van der Waals surface area contributed by atoms with E-state index in [1.54, 1.807) is 0 Å². The van der Waals surface area contributed by atoms with Crippen molar-refractivity contribution in [2.75, 3.05) is 6.54 Å². The molecule has 106 valence electrons. The number of hydrogen-bond acceptors (Lipinski definition) is 2. The Bertz CT molecular complexity index is 554. The molecule has 0 aliphatic rings. The highest BCUT2D eigenvalue weighted by atomic mass is 35.5. The fourth-order valence-electron chi connectivity index (χ4n) is 2.46. The van der Waals surface area contributed by atoms with E-state index in [1.807, 2.05) is 30.5 Å². The molecular formula is C17H21ClN2. The van der Waals surface area contributed by atoms with Gasteiger partial charge in [-0.05, 0) is 42.6 Å². The predicted molar refractivity (Wildman–Crippen MR) is 85.2 cm³/mol. The maximum atomic E-state index is 6.28. The van der Waals surface area contributed by atoms with Crippen LogP contribution in [0.5, 0.6) is 0 Å². The van der Waals surface area contributed by atoms with Gasteiger partial charge in [0, 0.05) is 11.2 Å². The largest absolute Gasteiger partial charge is 0.309 e. The third-order valence-electron chi connectivity index (χ3n) is 3.47. The zero-order chi connectivity index (χ0) is 14.4. The second-order valence-corrected chi connectivity index (χ2v) is 5.21. The van der Waals surface area contributed by atoms with Crippen molar-refractivity contribution in [1.29, 1.82) is 0 Å². The van der Waals surface area contributed by atoms with Crippen LogP contribution in [0.3, 0.4) is 0 Å². The van der Waals surface area contributed by atoms with Gasteiger partial charge in [-0.1, -0.05) is 49.7 Å². The van der Waals surface area contributed by atoms with Crippen molar-refractivity contribution in [3.05, 3.63) is 64.4 Å². The molecule has 2 aromatic rings.